The van der Waals surface area contributed by atoms with Crippen LogP contribution in [0.2, 0.25) is 0 Å². The minimum Gasteiger partial charge on any atom is -0.343 e. The Hall–Kier alpha value is -0.280. The Bertz CT molecular complexity index is 366. The summed E-state index contributed by atoms with van der Waals surface area (Å²) in [7, 11) is 0. The van der Waals surface area contributed by atoms with Crippen LogP contribution in [0.25, 0.3) is 0 Å². The van der Waals surface area contributed by atoms with Gasteiger partial charge >= 0.3 is 0 Å². The SMILES string of the molecule is CC1(C)COC(c2ccccc2)(C(Cl)Cl)OC1. The van der Waals surface area contributed by atoms with Crippen molar-refractivity contribution in [2.45, 2.75) is 24.5 Å². The summed E-state index contributed by atoms with van der Waals surface area (Å²) in [5.74, 6) is -1.04. The standard InChI is InChI=1S/C13H16Cl2O2/c1-12(2)8-16-13(11(14)15,17-9-12)10-6-4-3-5-7-10/h3-7,11H,8-9H2,1-2H3. The van der Waals surface area contributed by atoms with Crippen LogP contribution < -0.4 is 0 Å². The highest BCUT2D eigenvalue weighted by Gasteiger charge is 2.47. The second kappa shape index (κ2) is 4.77. The third-order valence-corrected chi connectivity index (χ3v) is 3.39. The molecular weight excluding hydrogens is 259 g/mol. The minimum absolute atomic E-state index is 0.0129. The predicted octanol–water partition coefficient (Wildman–Crippen LogP) is 3.72. The van der Waals surface area contributed by atoms with Gasteiger partial charge in [-0.05, 0) is 0 Å². The molecule has 4 heteroatoms. The number of ether oxygens (including phenoxy) is 2. The van der Waals surface area contributed by atoms with E-state index in [-0.39, 0.29) is 5.41 Å². The van der Waals surface area contributed by atoms with Gasteiger partial charge in [0, 0.05) is 11.0 Å². The molecule has 2 rings (SSSR count). The second-order valence-electron chi connectivity index (χ2n) is 5.08. The van der Waals surface area contributed by atoms with E-state index < -0.39 is 10.6 Å². The van der Waals surface area contributed by atoms with E-state index in [0.29, 0.717) is 13.2 Å². The van der Waals surface area contributed by atoms with Crippen molar-refractivity contribution in [3.05, 3.63) is 35.9 Å². The summed E-state index contributed by atoms with van der Waals surface area (Å²) in [5.41, 5.74) is 0.839. The summed E-state index contributed by atoms with van der Waals surface area (Å²) in [5, 5.41) is 0. The second-order valence-corrected chi connectivity index (χ2v) is 6.17. The normalized spacial score (nSPS) is 22.6. The molecule has 17 heavy (non-hydrogen) atoms. The lowest BCUT2D eigenvalue weighted by molar-refractivity contribution is -0.300. The molecule has 0 saturated carbocycles. The van der Waals surface area contributed by atoms with Crippen LogP contribution in [0.1, 0.15) is 19.4 Å². The molecule has 1 aliphatic rings. The first-order chi connectivity index (χ1) is 7.96. The maximum Gasteiger partial charge on any atom is 0.226 e. The molecule has 1 aromatic rings. The van der Waals surface area contributed by atoms with E-state index in [0.717, 1.165) is 5.56 Å². The van der Waals surface area contributed by atoms with Gasteiger partial charge in [-0.1, -0.05) is 67.4 Å². The fourth-order valence-corrected chi connectivity index (χ4v) is 2.28. The quantitative estimate of drug-likeness (QED) is 0.766. The molecule has 94 valence electrons. The molecule has 1 saturated heterocycles. The third kappa shape index (κ3) is 2.60. The van der Waals surface area contributed by atoms with Gasteiger partial charge in [0.1, 0.15) is 0 Å². The van der Waals surface area contributed by atoms with Gasteiger partial charge < -0.3 is 9.47 Å². The summed E-state index contributed by atoms with van der Waals surface area (Å²) in [6.45, 7) is 5.30. The molecule has 0 aliphatic carbocycles. The first-order valence-corrected chi connectivity index (χ1v) is 6.45. The maximum absolute atomic E-state index is 6.06. The molecular formula is C13H16Cl2O2. The van der Waals surface area contributed by atoms with Crippen LogP contribution in [-0.2, 0) is 15.3 Å². The number of alkyl halides is 2. The van der Waals surface area contributed by atoms with E-state index >= 15 is 0 Å². The molecule has 1 aliphatic heterocycles. The van der Waals surface area contributed by atoms with Crippen molar-refractivity contribution in [2.24, 2.45) is 5.41 Å². The molecule has 1 heterocycles. The van der Waals surface area contributed by atoms with Crippen molar-refractivity contribution >= 4 is 23.2 Å². The predicted molar refractivity (Wildman–Crippen MR) is 69.3 cm³/mol. The first-order valence-electron chi connectivity index (χ1n) is 5.58. The highest BCUT2D eigenvalue weighted by atomic mass is 35.5. The van der Waals surface area contributed by atoms with Crippen LogP contribution >= 0.6 is 23.2 Å². The van der Waals surface area contributed by atoms with Crippen LogP contribution in [0.15, 0.2) is 30.3 Å². The largest absolute Gasteiger partial charge is 0.343 e. The van der Waals surface area contributed by atoms with Crippen molar-refractivity contribution < 1.29 is 9.47 Å². The van der Waals surface area contributed by atoms with Crippen LogP contribution in [0.3, 0.4) is 0 Å². The van der Waals surface area contributed by atoms with Crippen molar-refractivity contribution in [1.82, 2.24) is 0 Å². The Morgan fingerprint density at radius 3 is 2.06 bits per heavy atom. The van der Waals surface area contributed by atoms with E-state index in [1.54, 1.807) is 0 Å². The zero-order chi connectivity index (χ0) is 12.5. The van der Waals surface area contributed by atoms with Gasteiger partial charge in [0.25, 0.3) is 0 Å². The van der Waals surface area contributed by atoms with Crippen molar-refractivity contribution in [1.29, 1.82) is 0 Å². The molecule has 0 bridgehead atoms. The fourth-order valence-electron chi connectivity index (χ4n) is 1.78. The average Bonchev–Trinajstić information content (AvgIpc) is 2.30. The van der Waals surface area contributed by atoms with Crippen LogP contribution in [-0.4, -0.2) is 18.1 Å². The number of benzene rings is 1. The van der Waals surface area contributed by atoms with E-state index in [1.165, 1.54) is 0 Å². The summed E-state index contributed by atoms with van der Waals surface area (Å²) in [4.78, 5) is -0.763. The molecule has 1 aromatic carbocycles. The maximum atomic E-state index is 6.06. The van der Waals surface area contributed by atoms with Gasteiger partial charge in [-0.25, -0.2) is 0 Å². The van der Waals surface area contributed by atoms with Crippen molar-refractivity contribution in [3.8, 4) is 0 Å². The van der Waals surface area contributed by atoms with Gasteiger partial charge in [-0.3, -0.25) is 0 Å². The lowest BCUT2D eigenvalue weighted by atomic mass is 9.93. The van der Waals surface area contributed by atoms with Gasteiger partial charge in [-0.2, -0.15) is 0 Å². The van der Waals surface area contributed by atoms with Gasteiger partial charge in [0.05, 0.1) is 13.2 Å². The number of halogens is 2. The van der Waals surface area contributed by atoms with Crippen molar-refractivity contribution in [2.75, 3.05) is 13.2 Å². The van der Waals surface area contributed by atoms with Crippen LogP contribution in [0.4, 0.5) is 0 Å². The monoisotopic (exact) mass is 274 g/mol. The Morgan fingerprint density at radius 2 is 1.59 bits per heavy atom. The smallest absolute Gasteiger partial charge is 0.226 e. The van der Waals surface area contributed by atoms with Gasteiger partial charge in [0.2, 0.25) is 5.79 Å². The van der Waals surface area contributed by atoms with Gasteiger partial charge in [-0.15, -0.1) is 0 Å². The fraction of sp³-hybridized carbons (Fsp3) is 0.538. The molecule has 2 nitrogen and oxygen atoms in total. The number of hydrogen-bond donors (Lipinski definition) is 0. The molecule has 0 N–H and O–H groups in total. The summed E-state index contributed by atoms with van der Waals surface area (Å²) in [6.07, 6.45) is 0. The summed E-state index contributed by atoms with van der Waals surface area (Å²) < 4.78 is 11.7. The molecule has 0 atom stereocenters. The van der Waals surface area contributed by atoms with Crippen LogP contribution in [0, 0.1) is 5.41 Å². The summed E-state index contributed by atoms with van der Waals surface area (Å²) in [6, 6.07) is 9.59. The van der Waals surface area contributed by atoms with Crippen molar-refractivity contribution in [3.63, 3.8) is 0 Å². The zero-order valence-electron chi connectivity index (χ0n) is 9.95. The minimum atomic E-state index is -1.04. The zero-order valence-corrected chi connectivity index (χ0v) is 11.5. The topological polar surface area (TPSA) is 18.5 Å². The number of hydrogen-bond acceptors (Lipinski definition) is 2. The Kier molecular flexibility index (Phi) is 3.69. The third-order valence-electron chi connectivity index (χ3n) is 2.82. The molecule has 0 unspecified atom stereocenters. The van der Waals surface area contributed by atoms with E-state index in [9.17, 15) is 0 Å². The van der Waals surface area contributed by atoms with Gasteiger partial charge in [0.15, 0.2) is 4.84 Å². The Morgan fingerprint density at radius 1 is 1.06 bits per heavy atom. The molecule has 0 radical (unpaired) electrons. The van der Waals surface area contributed by atoms with Crippen LogP contribution in [0.5, 0.6) is 0 Å². The van der Waals surface area contributed by atoms with E-state index in [1.807, 2.05) is 30.3 Å². The highest BCUT2D eigenvalue weighted by molar-refractivity contribution is 6.45. The lowest BCUT2D eigenvalue weighted by Gasteiger charge is -2.44. The average molecular weight is 275 g/mol. The van der Waals surface area contributed by atoms with E-state index in [4.69, 9.17) is 32.7 Å². The lowest BCUT2D eigenvalue weighted by Crippen LogP contribution is -2.49. The molecule has 0 spiro atoms. The number of rotatable bonds is 2. The Labute approximate surface area is 112 Å². The molecule has 0 amide bonds. The first kappa shape index (κ1) is 13.2. The molecule has 0 aromatic heterocycles. The summed E-state index contributed by atoms with van der Waals surface area (Å²) >= 11 is 12.1. The Balaban J connectivity index is 2.30. The van der Waals surface area contributed by atoms with E-state index in [2.05, 4.69) is 13.8 Å². The highest BCUT2D eigenvalue weighted by Crippen LogP contribution is 2.42. The molecule has 1 fully saturated rings.